The first-order valence-electron chi connectivity index (χ1n) is 10.8. The summed E-state index contributed by atoms with van der Waals surface area (Å²) in [7, 11) is 0. The van der Waals surface area contributed by atoms with E-state index in [1.165, 1.54) is 25.1 Å². The SMILES string of the molecule is CCc1ccccc1OCC(=O)Nc1cccc(N2CCN(CC3CC3)CC2)c1. The van der Waals surface area contributed by atoms with E-state index >= 15 is 0 Å². The number of hydrogen-bond acceptors (Lipinski definition) is 4. The van der Waals surface area contributed by atoms with Crippen molar-refractivity contribution in [1.82, 2.24) is 4.90 Å². The molecule has 2 aromatic rings. The molecular weight excluding hydrogens is 362 g/mol. The lowest BCUT2D eigenvalue weighted by molar-refractivity contribution is -0.118. The summed E-state index contributed by atoms with van der Waals surface area (Å²) in [4.78, 5) is 17.4. The van der Waals surface area contributed by atoms with Gasteiger partial charge in [0.15, 0.2) is 6.61 Å². The molecule has 0 aromatic heterocycles. The number of benzene rings is 2. The Balaban J connectivity index is 1.28. The number of aryl methyl sites for hydroxylation is 1. The molecule has 29 heavy (non-hydrogen) atoms. The third-order valence-corrected chi connectivity index (χ3v) is 5.79. The molecule has 1 aliphatic carbocycles. The third-order valence-electron chi connectivity index (χ3n) is 5.79. The second-order valence-electron chi connectivity index (χ2n) is 8.08. The molecule has 0 unspecified atom stereocenters. The lowest BCUT2D eigenvalue weighted by atomic mass is 10.1. The first-order valence-corrected chi connectivity index (χ1v) is 10.8. The second kappa shape index (κ2) is 9.31. The first-order chi connectivity index (χ1) is 14.2. The van der Waals surface area contributed by atoms with E-state index in [1.807, 2.05) is 36.4 Å². The number of ether oxygens (including phenoxy) is 1. The highest BCUT2D eigenvalue weighted by Crippen LogP contribution is 2.30. The molecule has 0 atom stereocenters. The summed E-state index contributed by atoms with van der Waals surface area (Å²) in [6, 6.07) is 16.0. The molecule has 1 amide bonds. The van der Waals surface area contributed by atoms with Crippen LogP contribution in [0.4, 0.5) is 11.4 Å². The molecule has 0 radical (unpaired) electrons. The molecule has 2 fully saturated rings. The minimum Gasteiger partial charge on any atom is -0.483 e. The number of hydrogen-bond donors (Lipinski definition) is 1. The van der Waals surface area contributed by atoms with Gasteiger partial charge in [0.25, 0.3) is 5.91 Å². The van der Waals surface area contributed by atoms with Crippen LogP contribution in [0, 0.1) is 5.92 Å². The van der Waals surface area contributed by atoms with Crippen molar-refractivity contribution >= 4 is 17.3 Å². The lowest BCUT2D eigenvalue weighted by Crippen LogP contribution is -2.47. The smallest absolute Gasteiger partial charge is 0.262 e. The van der Waals surface area contributed by atoms with E-state index in [-0.39, 0.29) is 12.5 Å². The van der Waals surface area contributed by atoms with Crippen molar-refractivity contribution in [2.45, 2.75) is 26.2 Å². The van der Waals surface area contributed by atoms with Crippen LogP contribution in [0.1, 0.15) is 25.3 Å². The maximum Gasteiger partial charge on any atom is 0.262 e. The number of para-hydroxylation sites is 1. The molecule has 1 heterocycles. The summed E-state index contributed by atoms with van der Waals surface area (Å²) in [5.74, 6) is 1.59. The molecule has 1 saturated heterocycles. The molecule has 5 nitrogen and oxygen atoms in total. The van der Waals surface area contributed by atoms with Gasteiger partial charge >= 0.3 is 0 Å². The van der Waals surface area contributed by atoms with Crippen molar-refractivity contribution in [3.8, 4) is 5.75 Å². The van der Waals surface area contributed by atoms with Crippen molar-refractivity contribution in [3.05, 3.63) is 54.1 Å². The highest BCUT2D eigenvalue weighted by molar-refractivity contribution is 5.92. The molecule has 154 valence electrons. The average molecular weight is 394 g/mol. The minimum absolute atomic E-state index is 0.0150. The molecule has 1 aliphatic heterocycles. The average Bonchev–Trinajstić information content (AvgIpc) is 3.57. The Morgan fingerprint density at radius 3 is 2.62 bits per heavy atom. The Hall–Kier alpha value is -2.53. The van der Waals surface area contributed by atoms with Gasteiger partial charge in [-0.25, -0.2) is 0 Å². The quantitative estimate of drug-likeness (QED) is 0.741. The number of amides is 1. The normalized spacial score (nSPS) is 17.2. The van der Waals surface area contributed by atoms with Gasteiger partial charge in [-0.05, 0) is 55.0 Å². The third kappa shape index (κ3) is 5.51. The number of anilines is 2. The van der Waals surface area contributed by atoms with Gasteiger partial charge in [-0.15, -0.1) is 0 Å². The molecule has 2 aromatic carbocycles. The number of carbonyl (C=O) groups excluding carboxylic acids is 1. The predicted molar refractivity (Wildman–Crippen MR) is 118 cm³/mol. The fraction of sp³-hybridized carbons (Fsp3) is 0.458. The molecule has 1 saturated carbocycles. The minimum atomic E-state index is -0.137. The Kier molecular flexibility index (Phi) is 6.35. The van der Waals surface area contributed by atoms with Gasteiger partial charge in [-0.1, -0.05) is 31.2 Å². The maximum atomic E-state index is 12.4. The zero-order valence-corrected chi connectivity index (χ0v) is 17.3. The van der Waals surface area contributed by atoms with Crippen molar-refractivity contribution in [2.24, 2.45) is 5.92 Å². The zero-order valence-electron chi connectivity index (χ0n) is 17.3. The van der Waals surface area contributed by atoms with Gasteiger partial charge in [-0.3, -0.25) is 9.69 Å². The summed E-state index contributed by atoms with van der Waals surface area (Å²) in [6.07, 6.45) is 3.71. The molecular formula is C24H31N3O2. The van der Waals surface area contributed by atoms with Gasteiger partial charge in [0.2, 0.25) is 0 Å². The molecule has 1 N–H and O–H groups in total. The van der Waals surface area contributed by atoms with E-state index in [9.17, 15) is 4.79 Å². The van der Waals surface area contributed by atoms with E-state index < -0.39 is 0 Å². The fourth-order valence-corrected chi connectivity index (χ4v) is 3.91. The summed E-state index contributed by atoms with van der Waals surface area (Å²) in [5.41, 5.74) is 3.11. The number of rotatable bonds is 8. The van der Waals surface area contributed by atoms with E-state index in [2.05, 4.69) is 34.2 Å². The van der Waals surface area contributed by atoms with E-state index in [0.29, 0.717) is 0 Å². The standard InChI is InChI=1S/C24H31N3O2/c1-2-20-6-3-4-9-23(20)29-18-24(28)25-21-7-5-8-22(16-21)27-14-12-26(13-15-27)17-19-10-11-19/h3-9,16,19H,2,10-15,17-18H2,1H3,(H,25,28). The first kappa shape index (κ1) is 19.8. The van der Waals surface area contributed by atoms with Gasteiger partial charge in [0, 0.05) is 44.1 Å². The summed E-state index contributed by atoms with van der Waals surface area (Å²) in [6.45, 7) is 7.70. The largest absolute Gasteiger partial charge is 0.483 e. The van der Waals surface area contributed by atoms with Crippen molar-refractivity contribution < 1.29 is 9.53 Å². The van der Waals surface area contributed by atoms with E-state index in [4.69, 9.17) is 4.74 Å². The summed E-state index contributed by atoms with van der Waals surface area (Å²) in [5, 5.41) is 2.97. The Bertz CT molecular complexity index is 826. The Morgan fingerprint density at radius 2 is 1.86 bits per heavy atom. The predicted octanol–water partition coefficient (Wildman–Crippen LogP) is 3.80. The zero-order chi connectivity index (χ0) is 20.1. The summed E-state index contributed by atoms with van der Waals surface area (Å²) >= 11 is 0. The van der Waals surface area contributed by atoms with Crippen LogP contribution in [0.3, 0.4) is 0 Å². The van der Waals surface area contributed by atoms with Crippen LogP contribution in [0.15, 0.2) is 48.5 Å². The molecule has 0 spiro atoms. The van der Waals surface area contributed by atoms with Crippen LogP contribution >= 0.6 is 0 Å². The van der Waals surface area contributed by atoms with Crippen LogP contribution in [-0.4, -0.2) is 50.1 Å². The van der Waals surface area contributed by atoms with Crippen molar-refractivity contribution in [3.63, 3.8) is 0 Å². The highest BCUT2D eigenvalue weighted by atomic mass is 16.5. The van der Waals surface area contributed by atoms with Crippen LogP contribution in [0.25, 0.3) is 0 Å². The Labute approximate surface area is 173 Å². The summed E-state index contributed by atoms with van der Waals surface area (Å²) < 4.78 is 5.73. The number of nitrogens with one attached hydrogen (secondary N) is 1. The van der Waals surface area contributed by atoms with Crippen molar-refractivity contribution in [1.29, 1.82) is 0 Å². The number of nitrogens with zero attached hydrogens (tertiary/aromatic N) is 2. The van der Waals surface area contributed by atoms with Crippen LogP contribution in [0.5, 0.6) is 5.75 Å². The lowest BCUT2D eigenvalue weighted by Gasteiger charge is -2.36. The molecule has 4 rings (SSSR count). The van der Waals surface area contributed by atoms with Gasteiger partial charge in [0.05, 0.1) is 0 Å². The van der Waals surface area contributed by atoms with Gasteiger partial charge < -0.3 is 15.0 Å². The van der Waals surface area contributed by atoms with Crippen LogP contribution in [0.2, 0.25) is 0 Å². The van der Waals surface area contributed by atoms with Crippen LogP contribution < -0.4 is 15.0 Å². The van der Waals surface area contributed by atoms with Gasteiger partial charge in [-0.2, -0.15) is 0 Å². The Morgan fingerprint density at radius 1 is 1.07 bits per heavy atom. The second-order valence-corrected chi connectivity index (χ2v) is 8.08. The molecule has 2 aliphatic rings. The van der Waals surface area contributed by atoms with E-state index in [0.717, 1.165) is 55.5 Å². The molecule has 0 bridgehead atoms. The number of carbonyl (C=O) groups is 1. The van der Waals surface area contributed by atoms with E-state index in [1.54, 1.807) is 0 Å². The number of piperazine rings is 1. The van der Waals surface area contributed by atoms with Crippen molar-refractivity contribution in [2.75, 3.05) is 49.5 Å². The topological polar surface area (TPSA) is 44.8 Å². The highest BCUT2D eigenvalue weighted by Gasteiger charge is 2.26. The van der Waals surface area contributed by atoms with Gasteiger partial charge in [0.1, 0.15) is 5.75 Å². The molecule has 5 heteroatoms. The monoisotopic (exact) mass is 393 g/mol. The maximum absolute atomic E-state index is 12.4. The van der Waals surface area contributed by atoms with Crippen LogP contribution in [-0.2, 0) is 11.2 Å². The fourth-order valence-electron chi connectivity index (χ4n) is 3.91.